The molecule has 3 unspecified atom stereocenters. The average molecular weight is 250 g/mol. The molecule has 1 heterocycles. The molecule has 104 valence electrons. The Bertz CT molecular complexity index is 239. The fraction of sp³-hybridized carbons (Fsp3) is 1.00. The van der Waals surface area contributed by atoms with E-state index in [9.17, 15) is 0 Å². The van der Waals surface area contributed by atoms with E-state index in [1.54, 1.807) is 0 Å². The van der Waals surface area contributed by atoms with Gasteiger partial charge in [0, 0.05) is 18.1 Å². The third kappa shape index (κ3) is 3.08. The van der Waals surface area contributed by atoms with E-state index in [-0.39, 0.29) is 0 Å². The number of hydrogen-bond donors (Lipinski definition) is 2. The predicted molar refractivity (Wildman–Crippen MR) is 76.8 cm³/mol. The van der Waals surface area contributed by atoms with Gasteiger partial charge in [-0.1, -0.05) is 32.1 Å². The Morgan fingerprint density at radius 2 is 1.56 bits per heavy atom. The topological polar surface area (TPSA) is 24.1 Å². The molecule has 3 aliphatic rings. The summed E-state index contributed by atoms with van der Waals surface area (Å²) in [6.45, 7) is 1.26. The maximum atomic E-state index is 4.04. The fourth-order valence-corrected chi connectivity index (χ4v) is 4.50. The molecule has 18 heavy (non-hydrogen) atoms. The van der Waals surface area contributed by atoms with Crippen LogP contribution in [0.15, 0.2) is 0 Å². The third-order valence-corrected chi connectivity index (χ3v) is 5.49. The van der Waals surface area contributed by atoms with Gasteiger partial charge in [0.1, 0.15) is 0 Å². The van der Waals surface area contributed by atoms with Crippen molar-refractivity contribution < 1.29 is 0 Å². The SMILES string of the molecule is C1CCCC(NC2CCCC2C2CCCN2)CC1. The Morgan fingerprint density at radius 3 is 2.28 bits per heavy atom. The second kappa shape index (κ2) is 6.38. The Balaban J connectivity index is 1.53. The van der Waals surface area contributed by atoms with Gasteiger partial charge in [-0.05, 0) is 51.0 Å². The normalized spacial score (nSPS) is 39.0. The van der Waals surface area contributed by atoms with E-state index in [1.165, 1.54) is 77.2 Å². The van der Waals surface area contributed by atoms with E-state index >= 15 is 0 Å². The van der Waals surface area contributed by atoms with Crippen LogP contribution in [0.2, 0.25) is 0 Å². The molecule has 2 saturated carbocycles. The van der Waals surface area contributed by atoms with Crippen LogP contribution in [0, 0.1) is 5.92 Å². The largest absolute Gasteiger partial charge is 0.314 e. The maximum Gasteiger partial charge on any atom is 0.0113 e. The first-order valence-electron chi connectivity index (χ1n) is 8.43. The van der Waals surface area contributed by atoms with Crippen molar-refractivity contribution in [3.8, 4) is 0 Å². The minimum atomic E-state index is 0.823. The van der Waals surface area contributed by atoms with Crippen LogP contribution in [0.4, 0.5) is 0 Å². The van der Waals surface area contributed by atoms with Gasteiger partial charge in [0.15, 0.2) is 0 Å². The van der Waals surface area contributed by atoms with Gasteiger partial charge < -0.3 is 10.6 Å². The minimum Gasteiger partial charge on any atom is -0.314 e. The van der Waals surface area contributed by atoms with E-state index in [0.717, 1.165) is 24.0 Å². The molecule has 3 fully saturated rings. The van der Waals surface area contributed by atoms with E-state index in [2.05, 4.69) is 10.6 Å². The fourth-order valence-electron chi connectivity index (χ4n) is 4.50. The monoisotopic (exact) mass is 250 g/mol. The molecule has 0 bridgehead atoms. The highest BCUT2D eigenvalue weighted by Crippen LogP contribution is 2.33. The molecular formula is C16H30N2. The quantitative estimate of drug-likeness (QED) is 0.752. The lowest BCUT2D eigenvalue weighted by atomic mass is 9.92. The molecule has 0 radical (unpaired) electrons. The zero-order valence-electron chi connectivity index (χ0n) is 11.8. The lowest BCUT2D eigenvalue weighted by molar-refractivity contribution is 0.287. The molecule has 2 heteroatoms. The highest BCUT2D eigenvalue weighted by atomic mass is 15.0. The lowest BCUT2D eigenvalue weighted by Crippen LogP contribution is -2.46. The molecular weight excluding hydrogens is 220 g/mol. The van der Waals surface area contributed by atoms with Crippen molar-refractivity contribution in [2.45, 2.75) is 88.8 Å². The van der Waals surface area contributed by atoms with Crippen molar-refractivity contribution in [3.63, 3.8) is 0 Å². The molecule has 0 amide bonds. The first-order chi connectivity index (χ1) is 8.93. The van der Waals surface area contributed by atoms with E-state index in [1.807, 2.05) is 0 Å². The van der Waals surface area contributed by atoms with Gasteiger partial charge in [-0.25, -0.2) is 0 Å². The van der Waals surface area contributed by atoms with Crippen molar-refractivity contribution >= 4 is 0 Å². The number of nitrogens with one attached hydrogen (secondary N) is 2. The van der Waals surface area contributed by atoms with Crippen molar-refractivity contribution in [1.29, 1.82) is 0 Å². The summed E-state index contributed by atoms with van der Waals surface area (Å²) >= 11 is 0. The third-order valence-electron chi connectivity index (χ3n) is 5.49. The molecule has 2 aliphatic carbocycles. The number of hydrogen-bond acceptors (Lipinski definition) is 2. The summed E-state index contributed by atoms with van der Waals surface area (Å²) in [6.07, 6.45) is 15.9. The van der Waals surface area contributed by atoms with Crippen molar-refractivity contribution in [1.82, 2.24) is 10.6 Å². The summed E-state index contributed by atoms with van der Waals surface area (Å²) in [5.74, 6) is 0.927. The summed E-state index contributed by atoms with van der Waals surface area (Å²) in [5.41, 5.74) is 0. The zero-order chi connectivity index (χ0) is 12.2. The lowest BCUT2D eigenvalue weighted by Gasteiger charge is -2.30. The maximum absolute atomic E-state index is 4.04. The first kappa shape index (κ1) is 12.9. The predicted octanol–water partition coefficient (Wildman–Crippen LogP) is 3.22. The molecule has 1 aliphatic heterocycles. The molecule has 0 aromatic rings. The molecule has 0 aromatic carbocycles. The van der Waals surface area contributed by atoms with Gasteiger partial charge in [-0.2, -0.15) is 0 Å². The number of rotatable bonds is 3. The zero-order valence-corrected chi connectivity index (χ0v) is 11.8. The summed E-state index contributed by atoms with van der Waals surface area (Å²) in [7, 11) is 0. The highest BCUT2D eigenvalue weighted by Gasteiger charge is 2.35. The van der Waals surface area contributed by atoms with Crippen LogP contribution in [0.5, 0.6) is 0 Å². The Hall–Kier alpha value is -0.0800. The Labute approximate surface area is 112 Å². The average Bonchev–Trinajstić information content (AvgIpc) is 2.97. The molecule has 2 N–H and O–H groups in total. The summed E-state index contributed by atoms with van der Waals surface area (Å²) < 4.78 is 0. The minimum absolute atomic E-state index is 0.823. The van der Waals surface area contributed by atoms with E-state index < -0.39 is 0 Å². The first-order valence-corrected chi connectivity index (χ1v) is 8.43. The molecule has 0 spiro atoms. The molecule has 1 saturated heterocycles. The van der Waals surface area contributed by atoms with Crippen LogP contribution in [0.25, 0.3) is 0 Å². The standard InChI is InChI=1S/C16H30N2/c1-2-4-8-13(7-3-1)18-16-10-5-9-14(16)15-11-6-12-17-15/h13-18H,1-12H2. The van der Waals surface area contributed by atoms with Crippen molar-refractivity contribution in [2.75, 3.05) is 6.54 Å². The van der Waals surface area contributed by atoms with Gasteiger partial charge in [0.2, 0.25) is 0 Å². The van der Waals surface area contributed by atoms with E-state index in [4.69, 9.17) is 0 Å². The van der Waals surface area contributed by atoms with Gasteiger partial charge >= 0.3 is 0 Å². The Kier molecular flexibility index (Phi) is 4.58. The second-order valence-corrected chi connectivity index (χ2v) is 6.76. The molecule has 2 nitrogen and oxygen atoms in total. The molecule has 3 rings (SSSR count). The van der Waals surface area contributed by atoms with Gasteiger partial charge in [-0.3, -0.25) is 0 Å². The second-order valence-electron chi connectivity index (χ2n) is 6.76. The smallest absolute Gasteiger partial charge is 0.0113 e. The molecule has 3 atom stereocenters. The van der Waals surface area contributed by atoms with E-state index in [0.29, 0.717) is 0 Å². The molecule has 0 aromatic heterocycles. The Morgan fingerprint density at radius 1 is 0.722 bits per heavy atom. The van der Waals surface area contributed by atoms with Gasteiger partial charge in [-0.15, -0.1) is 0 Å². The van der Waals surface area contributed by atoms with Crippen LogP contribution in [-0.2, 0) is 0 Å². The van der Waals surface area contributed by atoms with Crippen molar-refractivity contribution in [2.24, 2.45) is 5.92 Å². The van der Waals surface area contributed by atoms with Gasteiger partial charge in [0.25, 0.3) is 0 Å². The van der Waals surface area contributed by atoms with Crippen LogP contribution in [0.1, 0.15) is 70.6 Å². The van der Waals surface area contributed by atoms with Crippen molar-refractivity contribution in [3.05, 3.63) is 0 Å². The van der Waals surface area contributed by atoms with Crippen LogP contribution >= 0.6 is 0 Å². The summed E-state index contributed by atoms with van der Waals surface area (Å²) in [6, 6.07) is 2.49. The van der Waals surface area contributed by atoms with Crippen LogP contribution < -0.4 is 10.6 Å². The summed E-state index contributed by atoms with van der Waals surface area (Å²) in [4.78, 5) is 0. The highest BCUT2D eigenvalue weighted by molar-refractivity contribution is 4.94. The van der Waals surface area contributed by atoms with Crippen LogP contribution in [-0.4, -0.2) is 24.7 Å². The summed E-state index contributed by atoms with van der Waals surface area (Å²) in [5, 5.41) is 7.78. The van der Waals surface area contributed by atoms with Crippen LogP contribution in [0.3, 0.4) is 0 Å². The van der Waals surface area contributed by atoms with Gasteiger partial charge in [0.05, 0.1) is 0 Å².